The number of rotatable bonds is 18. The first-order valence-electron chi connectivity index (χ1n) is 34.4. The second-order valence-electron chi connectivity index (χ2n) is 26.7. The number of ether oxygens (including phenoxy) is 6. The molecular weight excluding hydrogens is 1160 g/mol. The van der Waals surface area contributed by atoms with Crippen molar-refractivity contribution in [2.75, 3.05) is 99.9 Å². The van der Waals surface area contributed by atoms with Gasteiger partial charge in [0.2, 0.25) is 17.7 Å². The molecular formula is C78H102N6O9. The van der Waals surface area contributed by atoms with Gasteiger partial charge in [0.1, 0.15) is 53.3 Å². The van der Waals surface area contributed by atoms with Crippen molar-refractivity contribution in [3.8, 4) is 34.5 Å². The molecule has 6 aromatic carbocycles. The van der Waals surface area contributed by atoms with Crippen LogP contribution in [0.5, 0.6) is 34.5 Å². The number of nitrogens with zero attached hydrogens (tertiary/aromatic N) is 6. The van der Waals surface area contributed by atoms with E-state index >= 15 is 0 Å². The van der Waals surface area contributed by atoms with E-state index in [0.717, 1.165) is 128 Å². The van der Waals surface area contributed by atoms with Crippen molar-refractivity contribution in [1.82, 2.24) is 29.4 Å². The van der Waals surface area contributed by atoms with Crippen LogP contribution in [-0.4, -0.2) is 165 Å². The molecule has 93 heavy (non-hydrogen) atoms. The molecule has 0 spiro atoms. The first-order chi connectivity index (χ1) is 45.3. The third-order valence-electron chi connectivity index (χ3n) is 19.7. The molecule has 6 aromatic rings. The number of amides is 3. The lowest BCUT2D eigenvalue weighted by Gasteiger charge is -2.33. The van der Waals surface area contributed by atoms with Crippen molar-refractivity contribution >= 4 is 17.7 Å². The number of methoxy groups -OCH3 is 3. The van der Waals surface area contributed by atoms with E-state index in [2.05, 4.69) is 113 Å². The summed E-state index contributed by atoms with van der Waals surface area (Å²) in [6, 6.07) is 49.9. The van der Waals surface area contributed by atoms with Crippen LogP contribution in [0.15, 0.2) is 146 Å². The summed E-state index contributed by atoms with van der Waals surface area (Å²) in [7, 11) is 4.98. The maximum absolute atomic E-state index is 13.1. The molecule has 498 valence electrons. The molecule has 3 saturated heterocycles. The highest BCUT2D eigenvalue weighted by molar-refractivity contribution is 5.78. The Labute approximate surface area is 554 Å². The predicted octanol–water partition coefficient (Wildman–Crippen LogP) is 12.4. The molecule has 0 N–H and O–H groups in total. The van der Waals surface area contributed by atoms with Crippen LogP contribution in [0.1, 0.15) is 112 Å². The minimum absolute atomic E-state index is 0.0210. The van der Waals surface area contributed by atoms with Crippen LogP contribution in [0.4, 0.5) is 0 Å². The minimum atomic E-state index is -0.0210. The molecule has 12 rings (SSSR count). The van der Waals surface area contributed by atoms with E-state index in [4.69, 9.17) is 28.4 Å². The van der Waals surface area contributed by atoms with E-state index in [9.17, 15) is 14.4 Å². The van der Waals surface area contributed by atoms with Gasteiger partial charge in [-0.1, -0.05) is 91.0 Å². The van der Waals surface area contributed by atoms with Gasteiger partial charge in [0.05, 0.1) is 40.5 Å². The second kappa shape index (κ2) is 34.5. The molecule has 0 radical (unpaired) electrons. The van der Waals surface area contributed by atoms with E-state index in [0.29, 0.717) is 58.6 Å². The Morgan fingerprint density at radius 1 is 0.419 bits per heavy atom. The monoisotopic (exact) mass is 1270 g/mol. The van der Waals surface area contributed by atoms with Gasteiger partial charge in [0.25, 0.3) is 0 Å². The van der Waals surface area contributed by atoms with E-state index in [-0.39, 0.29) is 36.0 Å². The van der Waals surface area contributed by atoms with Crippen LogP contribution in [0.3, 0.4) is 0 Å². The maximum Gasteiger partial charge on any atom is 0.224 e. The summed E-state index contributed by atoms with van der Waals surface area (Å²) in [5, 5.41) is 0. The highest BCUT2D eigenvalue weighted by atomic mass is 16.5. The Bertz CT molecular complexity index is 3130. The summed E-state index contributed by atoms with van der Waals surface area (Å²) in [5.41, 5.74) is 7.35. The molecule has 6 aliphatic rings. The number of carbonyl (C=O) groups excluding carboxylic acids is 3. The number of likely N-dealkylation sites (tertiary alicyclic amines) is 3. The molecule has 15 nitrogen and oxygen atoms in total. The van der Waals surface area contributed by atoms with Gasteiger partial charge in [-0.05, 0) is 207 Å². The molecule has 0 aromatic heterocycles. The van der Waals surface area contributed by atoms with Gasteiger partial charge in [-0.2, -0.15) is 0 Å². The molecule has 6 aliphatic heterocycles. The Balaban J connectivity index is 0.000000153. The normalized spacial score (nSPS) is 19.9. The lowest BCUT2D eigenvalue weighted by atomic mass is 9.90. The smallest absolute Gasteiger partial charge is 0.224 e. The minimum Gasteiger partial charge on any atom is -0.497 e. The number of fused-ring (bicyclic) bond motifs is 3. The lowest BCUT2D eigenvalue weighted by Crippen LogP contribution is -2.42. The average molecular weight is 1270 g/mol. The summed E-state index contributed by atoms with van der Waals surface area (Å²) < 4.78 is 34.1. The van der Waals surface area contributed by atoms with Crippen molar-refractivity contribution in [3.05, 3.63) is 179 Å². The topological polar surface area (TPSA) is 126 Å². The maximum atomic E-state index is 13.1. The fourth-order valence-corrected chi connectivity index (χ4v) is 14.1. The molecule has 6 heterocycles. The van der Waals surface area contributed by atoms with Crippen LogP contribution in [0, 0.1) is 17.8 Å². The van der Waals surface area contributed by atoms with Crippen LogP contribution < -0.4 is 28.4 Å². The van der Waals surface area contributed by atoms with E-state index in [1.165, 1.54) is 74.5 Å². The van der Waals surface area contributed by atoms with Crippen molar-refractivity contribution in [3.63, 3.8) is 0 Å². The van der Waals surface area contributed by atoms with Gasteiger partial charge in [-0.15, -0.1) is 0 Å². The summed E-state index contributed by atoms with van der Waals surface area (Å²) >= 11 is 0. The van der Waals surface area contributed by atoms with Gasteiger partial charge < -0.3 is 57.8 Å². The third-order valence-corrected chi connectivity index (χ3v) is 19.7. The van der Waals surface area contributed by atoms with Crippen LogP contribution >= 0.6 is 0 Å². The largest absolute Gasteiger partial charge is 0.497 e. The number of carbonyl (C=O) groups is 3. The van der Waals surface area contributed by atoms with Crippen LogP contribution in [-0.2, 0) is 53.3 Å². The number of piperidine rings is 3. The van der Waals surface area contributed by atoms with E-state index in [1.54, 1.807) is 21.3 Å². The molecule has 3 fully saturated rings. The van der Waals surface area contributed by atoms with Gasteiger partial charge in [-0.3, -0.25) is 14.4 Å². The fourth-order valence-electron chi connectivity index (χ4n) is 14.1. The summed E-state index contributed by atoms with van der Waals surface area (Å²) in [5.74, 6) is 7.82. The van der Waals surface area contributed by atoms with Crippen molar-refractivity contribution in [2.24, 2.45) is 17.8 Å². The van der Waals surface area contributed by atoms with E-state index < -0.39 is 0 Å². The van der Waals surface area contributed by atoms with Crippen LogP contribution in [0.2, 0.25) is 0 Å². The summed E-state index contributed by atoms with van der Waals surface area (Å²) in [4.78, 5) is 52.3. The quantitative estimate of drug-likeness (QED) is 0.0813. The second-order valence-corrected chi connectivity index (χ2v) is 26.7. The fraction of sp³-hybridized carbons (Fsp3) is 0.500. The molecule has 15 heteroatoms. The number of hydrogen-bond acceptors (Lipinski definition) is 12. The lowest BCUT2D eigenvalue weighted by molar-refractivity contribution is -0.135. The van der Waals surface area contributed by atoms with E-state index in [1.807, 2.05) is 83.1 Å². The highest BCUT2D eigenvalue weighted by Gasteiger charge is 2.30. The van der Waals surface area contributed by atoms with Gasteiger partial charge >= 0.3 is 0 Å². The first-order valence-corrected chi connectivity index (χ1v) is 34.4. The zero-order valence-corrected chi connectivity index (χ0v) is 56.3. The summed E-state index contributed by atoms with van der Waals surface area (Å²) in [6.07, 6.45) is 12.4. The Hall–Kier alpha value is -7.59. The molecule has 0 bridgehead atoms. The highest BCUT2D eigenvalue weighted by Crippen LogP contribution is 2.33. The zero-order chi connectivity index (χ0) is 64.9. The molecule has 0 saturated carbocycles. The van der Waals surface area contributed by atoms with Crippen molar-refractivity contribution in [2.45, 2.75) is 136 Å². The molecule has 3 atom stereocenters. The number of hydrogen-bond donors (Lipinski definition) is 0. The predicted molar refractivity (Wildman–Crippen MR) is 367 cm³/mol. The Kier molecular flexibility index (Phi) is 25.4. The van der Waals surface area contributed by atoms with Crippen molar-refractivity contribution in [1.29, 1.82) is 0 Å². The molecule has 3 amide bonds. The Morgan fingerprint density at radius 2 is 0.753 bits per heavy atom. The average Bonchev–Trinajstić information content (AvgIpc) is 2.73. The van der Waals surface area contributed by atoms with Gasteiger partial charge in [0, 0.05) is 75.2 Å². The molecule has 0 unspecified atom stereocenters. The Morgan fingerprint density at radius 3 is 1.11 bits per heavy atom. The standard InChI is InChI=1S/3C26H34N2O3/c1-20-19-31-25-9-8-24(30-2)17-23(25)18-28(20)26(29)12-15-27-13-10-22(11-14-27)16-21-6-4-3-5-7-21;2*1-20-18-28(19-23-17-24(30-2)8-9-25(23)31-20)26(29)12-15-27-13-10-22(11-14-27)16-21-6-4-3-5-7-21/h3*3-9,17,20,22H,10-16,18-19H2,1-2H3/t3*20-/m010/s1. The van der Waals surface area contributed by atoms with Gasteiger partial charge in [-0.25, -0.2) is 0 Å². The van der Waals surface area contributed by atoms with Crippen molar-refractivity contribution < 1.29 is 42.8 Å². The first kappa shape index (κ1) is 68.3. The number of benzene rings is 6. The van der Waals surface area contributed by atoms with Gasteiger partial charge in [0.15, 0.2) is 0 Å². The third kappa shape index (κ3) is 20.5. The SMILES string of the molecule is COc1ccc2c(c1)CN(C(=O)CCN1CCC(Cc3ccccc3)CC1)C[C@@H](C)O2.COc1ccc2c(c1)CN(C(=O)CCN1CCC(Cc3ccccc3)CC1)C[C@H](C)O2.COc1ccc2c(c1)CN(C(=O)CCN1CCC(Cc3ccccc3)CC1)[C@@H](C)CO2. The van der Waals surface area contributed by atoms with Crippen LogP contribution in [0.25, 0.3) is 0 Å². The zero-order valence-electron chi connectivity index (χ0n) is 56.3. The molecule has 0 aliphatic carbocycles. The summed E-state index contributed by atoms with van der Waals surface area (Å²) in [6.45, 7) is 18.7.